The predicted molar refractivity (Wildman–Crippen MR) is 122 cm³/mol. The fourth-order valence-electron chi connectivity index (χ4n) is 3.94. The maximum absolute atomic E-state index is 14.4. The Morgan fingerprint density at radius 2 is 1.69 bits per heavy atom. The average molecular weight is 526 g/mol. The second-order valence-corrected chi connectivity index (χ2v) is 10.1. The van der Waals surface area contributed by atoms with Gasteiger partial charge in [-0.25, -0.2) is 27.2 Å². The maximum Gasteiger partial charge on any atom is 0.431 e. The second-order valence-electron chi connectivity index (χ2n) is 7.88. The van der Waals surface area contributed by atoms with Gasteiger partial charge in [0.2, 0.25) is 0 Å². The summed E-state index contributed by atoms with van der Waals surface area (Å²) in [4.78, 5) is 21.0. The minimum absolute atomic E-state index is 0.133. The molecule has 0 N–H and O–H groups in total. The first kappa shape index (κ1) is 25.5. The van der Waals surface area contributed by atoms with Gasteiger partial charge in [-0.15, -0.1) is 0 Å². The Morgan fingerprint density at radius 1 is 1.00 bits per heavy atom. The first-order valence-corrected chi connectivity index (χ1v) is 12.3. The molecule has 0 saturated heterocycles. The van der Waals surface area contributed by atoms with Gasteiger partial charge in [-0.3, -0.25) is 4.79 Å². The molecule has 0 bridgehead atoms. The number of benzene rings is 1. The number of fused-ring (bicyclic) bond motifs is 1. The Labute approximate surface area is 201 Å². The third kappa shape index (κ3) is 4.16. The summed E-state index contributed by atoms with van der Waals surface area (Å²) in [6.45, 7) is 2.49. The van der Waals surface area contributed by atoms with E-state index in [4.69, 9.17) is 0 Å². The second kappa shape index (κ2) is 8.80. The zero-order valence-corrected chi connectivity index (χ0v) is 20.0. The first-order valence-electron chi connectivity index (χ1n) is 10.7. The van der Waals surface area contributed by atoms with Crippen molar-refractivity contribution in [3.05, 3.63) is 64.1 Å². The first-order chi connectivity index (χ1) is 16.8. The van der Waals surface area contributed by atoms with Crippen LogP contribution in [-0.4, -0.2) is 33.3 Å². The number of aromatic nitrogens is 4. The number of imidazole rings is 1. The van der Waals surface area contributed by atoms with Crippen LogP contribution in [0.25, 0.3) is 33.8 Å². The summed E-state index contributed by atoms with van der Waals surface area (Å²) in [5.74, 6) is -2.16. The van der Waals surface area contributed by atoms with Gasteiger partial charge < -0.3 is 9.13 Å². The lowest BCUT2D eigenvalue weighted by Crippen LogP contribution is -2.28. The standard InChI is InChI=1S/C23H19F5N4O3S/c1-4-32-18(23(26,27)28)11-16-20(22(32)33)31(3)21(30-16)19-17(36(34,35)5-2)9-8-15(29-19)13-10-12(24)6-7-14(13)25/h6-11H,4-5H2,1-3H3. The summed E-state index contributed by atoms with van der Waals surface area (Å²) in [7, 11) is -2.62. The molecule has 0 aliphatic heterocycles. The molecule has 0 atom stereocenters. The van der Waals surface area contributed by atoms with Crippen LogP contribution >= 0.6 is 0 Å². The highest BCUT2D eigenvalue weighted by Gasteiger charge is 2.36. The van der Waals surface area contributed by atoms with E-state index in [1.807, 2.05) is 0 Å². The summed E-state index contributed by atoms with van der Waals surface area (Å²) < 4.78 is 96.4. The van der Waals surface area contributed by atoms with E-state index in [0.29, 0.717) is 10.6 Å². The van der Waals surface area contributed by atoms with Crippen LogP contribution in [-0.2, 0) is 29.6 Å². The Hall–Kier alpha value is -3.61. The van der Waals surface area contributed by atoms with Gasteiger partial charge in [0.25, 0.3) is 5.56 Å². The molecule has 0 aliphatic carbocycles. The molecule has 190 valence electrons. The largest absolute Gasteiger partial charge is 0.431 e. The van der Waals surface area contributed by atoms with E-state index in [-0.39, 0.29) is 51.0 Å². The molecule has 0 saturated carbocycles. The molecule has 3 aromatic heterocycles. The van der Waals surface area contributed by atoms with Crippen molar-refractivity contribution in [3.8, 4) is 22.8 Å². The van der Waals surface area contributed by atoms with Crippen LogP contribution in [0.15, 0.2) is 46.1 Å². The molecule has 7 nitrogen and oxygen atoms in total. The number of rotatable bonds is 5. The van der Waals surface area contributed by atoms with Gasteiger partial charge >= 0.3 is 6.18 Å². The molecule has 0 radical (unpaired) electrons. The van der Waals surface area contributed by atoms with Crippen molar-refractivity contribution >= 4 is 20.9 Å². The van der Waals surface area contributed by atoms with Crippen LogP contribution in [0.4, 0.5) is 22.0 Å². The third-order valence-electron chi connectivity index (χ3n) is 5.73. The Morgan fingerprint density at radius 3 is 2.31 bits per heavy atom. The third-order valence-corrected chi connectivity index (χ3v) is 7.49. The summed E-state index contributed by atoms with van der Waals surface area (Å²) in [6.07, 6.45) is -4.84. The summed E-state index contributed by atoms with van der Waals surface area (Å²) in [6, 6.07) is 5.69. The number of pyridine rings is 2. The van der Waals surface area contributed by atoms with E-state index in [0.717, 1.165) is 28.8 Å². The van der Waals surface area contributed by atoms with Gasteiger partial charge in [0.1, 0.15) is 28.5 Å². The van der Waals surface area contributed by atoms with Crippen molar-refractivity contribution in [1.82, 2.24) is 19.1 Å². The molecular weight excluding hydrogens is 507 g/mol. The van der Waals surface area contributed by atoms with Crippen LogP contribution in [0.3, 0.4) is 0 Å². The van der Waals surface area contributed by atoms with Gasteiger partial charge in [0, 0.05) is 19.2 Å². The molecule has 36 heavy (non-hydrogen) atoms. The number of aryl methyl sites for hydroxylation is 1. The van der Waals surface area contributed by atoms with Crippen LogP contribution in [0.5, 0.6) is 0 Å². The highest BCUT2D eigenvalue weighted by atomic mass is 32.2. The molecule has 4 aromatic rings. The molecule has 0 aliphatic rings. The van der Waals surface area contributed by atoms with E-state index in [2.05, 4.69) is 9.97 Å². The van der Waals surface area contributed by atoms with Gasteiger partial charge in [-0.1, -0.05) is 6.92 Å². The minimum Gasteiger partial charge on any atom is -0.321 e. The molecular formula is C23H19F5N4O3S. The lowest BCUT2D eigenvalue weighted by molar-refractivity contribution is -0.144. The smallest absolute Gasteiger partial charge is 0.321 e. The summed E-state index contributed by atoms with van der Waals surface area (Å²) in [5, 5.41) is 0. The van der Waals surface area contributed by atoms with Crippen LogP contribution in [0.1, 0.15) is 19.5 Å². The molecule has 0 spiro atoms. The zero-order chi connectivity index (χ0) is 26.6. The number of hydrogen-bond acceptors (Lipinski definition) is 5. The van der Waals surface area contributed by atoms with Crippen molar-refractivity contribution in [2.75, 3.05) is 5.75 Å². The molecule has 1 aromatic carbocycles. The lowest BCUT2D eigenvalue weighted by atomic mass is 10.1. The fourth-order valence-corrected chi connectivity index (χ4v) is 4.95. The Bertz CT molecular complexity index is 1670. The fraction of sp³-hybridized carbons (Fsp3) is 0.261. The van der Waals surface area contributed by atoms with Crippen LogP contribution < -0.4 is 5.56 Å². The van der Waals surface area contributed by atoms with Gasteiger partial charge in [-0.05, 0) is 43.3 Å². The molecule has 13 heteroatoms. The number of nitrogens with zero attached hydrogens (tertiary/aromatic N) is 4. The number of alkyl halides is 3. The highest BCUT2D eigenvalue weighted by Crippen LogP contribution is 2.34. The van der Waals surface area contributed by atoms with E-state index in [1.54, 1.807) is 0 Å². The predicted octanol–water partition coefficient (Wildman–Crippen LogP) is 4.57. The van der Waals surface area contributed by atoms with Crippen molar-refractivity contribution < 1.29 is 30.4 Å². The minimum atomic E-state index is -4.84. The van der Waals surface area contributed by atoms with E-state index >= 15 is 0 Å². The van der Waals surface area contributed by atoms with Crippen molar-refractivity contribution in [3.63, 3.8) is 0 Å². The van der Waals surface area contributed by atoms with Crippen LogP contribution in [0, 0.1) is 11.6 Å². The van der Waals surface area contributed by atoms with E-state index < -0.39 is 38.9 Å². The van der Waals surface area contributed by atoms with Gasteiger partial charge in [-0.2, -0.15) is 13.2 Å². The van der Waals surface area contributed by atoms with E-state index in [9.17, 15) is 35.2 Å². The SMILES string of the molecule is CCn1c(C(F)(F)F)cc2nc(-c3nc(-c4cc(F)ccc4F)ccc3S(=O)(=O)CC)n(C)c2c1=O. The van der Waals surface area contributed by atoms with Crippen molar-refractivity contribution in [2.45, 2.75) is 31.5 Å². The molecule has 4 rings (SSSR count). The monoisotopic (exact) mass is 526 g/mol. The maximum atomic E-state index is 14.4. The topological polar surface area (TPSA) is 86.8 Å². The number of sulfone groups is 1. The normalized spacial score (nSPS) is 12.4. The number of hydrogen-bond donors (Lipinski definition) is 0. The average Bonchev–Trinajstić information content (AvgIpc) is 3.16. The Balaban J connectivity index is 2.10. The van der Waals surface area contributed by atoms with Crippen molar-refractivity contribution in [1.29, 1.82) is 0 Å². The molecule has 0 fully saturated rings. The Kier molecular flexibility index (Phi) is 6.23. The lowest BCUT2D eigenvalue weighted by Gasteiger charge is -2.14. The number of halogens is 5. The van der Waals surface area contributed by atoms with Gasteiger partial charge in [0.05, 0.1) is 21.9 Å². The summed E-state index contributed by atoms with van der Waals surface area (Å²) >= 11 is 0. The molecule has 3 heterocycles. The van der Waals surface area contributed by atoms with E-state index in [1.165, 1.54) is 27.0 Å². The molecule has 0 amide bonds. The van der Waals surface area contributed by atoms with Crippen LogP contribution in [0.2, 0.25) is 0 Å². The zero-order valence-electron chi connectivity index (χ0n) is 19.2. The highest BCUT2D eigenvalue weighted by molar-refractivity contribution is 7.91. The van der Waals surface area contributed by atoms with Gasteiger partial charge in [0.15, 0.2) is 15.7 Å². The summed E-state index contributed by atoms with van der Waals surface area (Å²) in [5.41, 5.74) is -3.42. The quantitative estimate of drug-likeness (QED) is 0.356. The van der Waals surface area contributed by atoms with Crippen molar-refractivity contribution in [2.24, 2.45) is 7.05 Å². The molecule has 0 unspecified atom stereocenters.